The Morgan fingerprint density at radius 3 is 2.52 bits per heavy atom. The third kappa shape index (κ3) is 3.98. The van der Waals surface area contributed by atoms with Gasteiger partial charge in [0.15, 0.2) is 0 Å². The van der Waals surface area contributed by atoms with E-state index in [4.69, 9.17) is 10.7 Å². The average Bonchev–Trinajstić information content (AvgIpc) is 2.83. The number of nitrogens with one attached hydrogen (secondary N) is 1. The lowest BCUT2D eigenvalue weighted by molar-refractivity contribution is 0.0933. The molecule has 0 atom stereocenters. The van der Waals surface area contributed by atoms with E-state index in [0.29, 0.717) is 12.1 Å². The first-order valence-electron chi connectivity index (χ1n) is 7.05. The Hall–Kier alpha value is -1.07. The molecule has 0 spiro atoms. The summed E-state index contributed by atoms with van der Waals surface area (Å²) in [5.41, 5.74) is 1.24. The van der Waals surface area contributed by atoms with Gasteiger partial charge in [0.1, 0.15) is 0 Å². The van der Waals surface area contributed by atoms with Crippen molar-refractivity contribution in [2.75, 3.05) is 6.54 Å². The summed E-state index contributed by atoms with van der Waals surface area (Å²) >= 11 is 0. The highest BCUT2D eigenvalue weighted by atomic mass is 35.7. The Bertz CT molecular complexity index is 649. The number of rotatable bonds is 4. The van der Waals surface area contributed by atoms with Gasteiger partial charge in [0, 0.05) is 22.8 Å². The van der Waals surface area contributed by atoms with Crippen LogP contribution in [0.3, 0.4) is 0 Å². The minimum Gasteiger partial charge on any atom is -0.351 e. The number of amides is 1. The summed E-state index contributed by atoms with van der Waals surface area (Å²) in [7, 11) is 1.50. The standard InChI is InChI=1S/C15H20ClNO3S/c1-11-5-6-12(21(16,19)20)9-13(11)14(18)17-10-15(2)7-3-4-8-15/h5-6,9H,3-4,7-8,10H2,1-2H3,(H,17,18). The maximum Gasteiger partial charge on any atom is 0.261 e. The van der Waals surface area contributed by atoms with Crippen LogP contribution in [0.4, 0.5) is 0 Å². The first kappa shape index (κ1) is 16.3. The zero-order valence-corrected chi connectivity index (χ0v) is 13.9. The lowest BCUT2D eigenvalue weighted by Crippen LogP contribution is -2.34. The molecule has 0 heterocycles. The van der Waals surface area contributed by atoms with Crippen LogP contribution in [-0.2, 0) is 9.05 Å². The second-order valence-corrected chi connectivity index (χ2v) is 8.68. The van der Waals surface area contributed by atoms with Crippen molar-refractivity contribution in [3.8, 4) is 0 Å². The van der Waals surface area contributed by atoms with E-state index in [9.17, 15) is 13.2 Å². The van der Waals surface area contributed by atoms with Crippen molar-refractivity contribution in [3.63, 3.8) is 0 Å². The summed E-state index contributed by atoms with van der Waals surface area (Å²) in [6, 6.07) is 4.35. The smallest absolute Gasteiger partial charge is 0.261 e. The van der Waals surface area contributed by atoms with E-state index in [1.165, 1.54) is 25.0 Å². The van der Waals surface area contributed by atoms with E-state index in [1.807, 2.05) is 0 Å². The Balaban J connectivity index is 2.15. The van der Waals surface area contributed by atoms with Gasteiger partial charge in [-0.1, -0.05) is 25.8 Å². The normalized spacial score (nSPS) is 17.7. The fourth-order valence-electron chi connectivity index (χ4n) is 2.79. The van der Waals surface area contributed by atoms with Crippen molar-refractivity contribution < 1.29 is 13.2 Å². The first-order valence-corrected chi connectivity index (χ1v) is 9.36. The molecule has 1 aliphatic carbocycles. The van der Waals surface area contributed by atoms with Gasteiger partial charge in [-0.25, -0.2) is 8.42 Å². The van der Waals surface area contributed by atoms with Crippen LogP contribution in [0.1, 0.15) is 48.5 Å². The highest BCUT2D eigenvalue weighted by molar-refractivity contribution is 8.13. The van der Waals surface area contributed by atoms with Gasteiger partial charge in [-0.05, 0) is 42.9 Å². The van der Waals surface area contributed by atoms with Crippen LogP contribution in [0.25, 0.3) is 0 Å². The Morgan fingerprint density at radius 2 is 1.95 bits per heavy atom. The van der Waals surface area contributed by atoms with Crippen molar-refractivity contribution >= 4 is 25.6 Å². The first-order chi connectivity index (χ1) is 9.71. The average molecular weight is 330 g/mol. The molecule has 1 saturated carbocycles. The van der Waals surface area contributed by atoms with Crippen LogP contribution >= 0.6 is 10.7 Å². The Kier molecular flexibility index (Phi) is 4.63. The molecule has 0 unspecified atom stereocenters. The van der Waals surface area contributed by atoms with Crippen LogP contribution in [0.15, 0.2) is 23.1 Å². The lowest BCUT2D eigenvalue weighted by atomic mass is 9.89. The van der Waals surface area contributed by atoms with E-state index in [1.54, 1.807) is 13.0 Å². The minimum absolute atomic E-state index is 0.0491. The molecule has 0 bridgehead atoms. The van der Waals surface area contributed by atoms with Crippen molar-refractivity contribution in [1.82, 2.24) is 5.32 Å². The summed E-state index contributed by atoms with van der Waals surface area (Å²) in [4.78, 5) is 12.2. The van der Waals surface area contributed by atoms with Crippen molar-refractivity contribution in [3.05, 3.63) is 29.3 Å². The molecule has 0 aromatic heterocycles. The molecule has 1 aromatic rings. The van der Waals surface area contributed by atoms with Gasteiger partial charge in [0.25, 0.3) is 15.0 Å². The number of hydrogen-bond acceptors (Lipinski definition) is 3. The van der Waals surface area contributed by atoms with Gasteiger partial charge >= 0.3 is 0 Å². The van der Waals surface area contributed by atoms with Crippen molar-refractivity contribution in [1.29, 1.82) is 0 Å². The summed E-state index contributed by atoms with van der Waals surface area (Å²) in [5.74, 6) is -0.247. The molecular weight excluding hydrogens is 310 g/mol. The topological polar surface area (TPSA) is 63.2 Å². The monoisotopic (exact) mass is 329 g/mol. The number of aryl methyl sites for hydroxylation is 1. The molecule has 1 amide bonds. The number of halogens is 1. The highest BCUT2D eigenvalue weighted by Gasteiger charge is 2.29. The Morgan fingerprint density at radius 1 is 1.33 bits per heavy atom. The fraction of sp³-hybridized carbons (Fsp3) is 0.533. The van der Waals surface area contributed by atoms with Crippen molar-refractivity contribution in [2.24, 2.45) is 5.41 Å². The SMILES string of the molecule is Cc1ccc(S(=O)(=O)Cl)cc1C(=O)NCC1(C)CCCC1. The second-order valence-electron chi connectivity index (χ2n) is 6.12. The van der Waals surface area contributed by atoms with Crippen LogP contribution < -0.4 is 5.32 Å². The molecule has 21 heavy (non-hydrogen) atoms. The predicted octanol–water partition coefficient (Wildman–Crippen LogP) is 3.23. The molecule has 0 saturated heterocycles. The molecule has 6 heteroatoms. The summed E-state index contributed by atoms with van der Waals surface area (Å²) in [5, 5.41) is 2.92. The second kappa shape index (κ2) is 5.97. The van der Waals surface area contributed by atoms with Gasteiger partial charge in [-0.2, -0.15) is 0 Å². The molecule has 1 aliphatic rings. The Labute approximate surface area is 130 Å². The molecular formula is C15H20ClNO3S. The minimum atomic E-state index is -3.83. The van der Waals surface area contributed by atoms with E-state index < -0.39 is 9.05 Å². The van der Waals surface area contributed by atoms with E-state index in [-0.39, 0.29) is 16.2 Å². The highest BCUT2D eigenvalue weighted by Crippen LogP contribution is 2.36. The molecule has 0 radical (unpaired) electrons. The third-order valence-electron chi connectivity index (χ3n) is 4.22. The van der Waals surface area contributed by atoms with Gasteiger partial charge in [-0.15, -0.1) is 0 Å². The van der Waals surface area contributed by atoms with E-state index >= 15 is 0 Å². The van der Waals surface area contributed by atoms with Gasteiger partial charge in [0.2, 0.25) is 0 Å². The zero-order valence-electron chi connectivity index (χ0n) is 12.3. The lowest BCUT2D eigenvalue weighted by Gasteiger charge is -2.23. The quantitative estimate of drug-likeness (QED) is 0.862. The fourth-order valence-corrected chi connectivity index (χ4v) is 3.57. The number of hydrogen-bond donors (Lipinski definition) is 1. The molecule has 4 nitrogen and oxygen atoms in total. The van der Waals surface area contributed by atoms with E-state index in [2.05, 4.69) is 12.2 Å². The molecule has 116 valence electrons. The molecule has 1 N–H and O–H groups in total. The third-order valence-corrected chi connectivity index (χ3v) is 5.57. The van der Waals surface area contributed by atoms with Gasteiger partial charge in [-0.3, -0.25) is 4.79 Å². The predicted molar refractivity (Wildman–Crippen MR) is 83.1 cm³/mol. The van der Waals surface area contributed by atoms with Crippen LogP contribution in [-0.4, -0.2) is 20.9 Å². The van der Waals surface area contributed by atoms with Crippen LogP contribution in [0, 0.1) is 12.3 Å². The molecule has 2 rings (SSSR count). The van der Waals surface area contributed by atoms with Crippen LogP contribution in [0.5, 0.6) is 0 Å². The number of carbonyl (C=O) groups excluding carboxylic acids is 1. The number of benzene rings is 1. The van der Waals surface area contributed by atoms with Gasteiger partial charge in [0.05, 0.1) is 4.90 Å². The number of carbonyl (C=O) groups is 1. The van der Waals surface area contributed by atoms with Crippen LogP contribution in [0.2, 0.25) is 0 Å². The molecule has 1 fully saturated rings. The summed E-state index contributed by atoms with van der Waals surface area (Å²) < 4.78 is 22.7. The van der Waals surface area contributed by atoms with Crippen molar-refractivity contribution in [2.45, 2.75) is 44.4 Å². The summed E-state index contributed by atoms with van der Waals surface area (Å²) in [6.45, 7) is 4.56. The maximum atomic E-state index is 12.3. The largest absolute Gasteiger partial charge is 0.351 e. The molecule has 0 aliphatic heterocycles. The van der Waals surface area contributed by atoms with Gasteiger partial charge < -0.3 is 5.32 Å². The maximum absolute atomic E-state index is 12.3. The zero-order chi connectivity index (χ0) is 15.7. The molecule has 1 aromatic carbocycles. The van der Waals surface area contributed by atoms with E-state index in [0.717, 1.165) is 18.4 Å². The summed E-state index contributed by atoms with van der Waals surface area (Å²) in [6.07, 6.45) is 4.63.